The summed E-state index contributed by atoms with van der Waals surface area (Å²) in [6, 6.07) is -3.41. The number of likely N-dealkylation sites (tertiary alicyclic amines) is 1. The molecule has 0 spiro atoms. The van der Waals surface area contributed by atoms with E-state index in [1.165, 1.54) is 6.08 Å². The topological polar surface area (TPSA) is 177 Å². The summed E-state index contributed by atoms with van der Waals surface area (Å²) >= 11 is 0. The molecule has 48 heavy (non-hydrogen) atoms. The third-order valence-electron chi connectivity index (χ3n) is 11.4. The molecule has 272 valence electrons. The summed E-state index contributed by atoms with van der Waals surface area (Å²) in [5.41, 5.74) is -1.68. The number of ketones is 1. The smallest absolute Gasteiger partial charge is 0.315 e. The molecule has 5 amide bonds. The van der Waals surface area contributed by atoms with Crippen molar-refractivity contribution in [3.63, 3.8) is 0 Å². The number of fused-ring (bicyclic) bond motifs is 1. The van der Waals surface area contributed by atoms with Crippen molar-refractivity contribution < 1.29 is 33.1 Å². The number of carbonyl (C=O) groups excluding carboxylic acids is 5. The molecule has 4 rings (SSSR count). The molecule has 2 aliphatic heterocycles. The number of nitrogens with one attached hydrogen (secondary N) is 4. The minimum atomic E-state index is -2.85. The van der Waals surface area contributed by atoms with Crippen LogP contribution in [0, 0.1) is 22.7 Å². The van der Waals surface area contributed by atoms with Crippen LogP contribution in [-0.4, -0.2) is 91.3 Å². The zero-order valence-electron chi connectivity index (χ0n) is 29.7. The maximum atomic E-state index is 14.5. The highest BCUT2D eigenvalue weighted by Gasteiger charge is 2.70. The summed E-state index contributed by atoms with van der Waals surface area (Å²) in [5.74, 6) is -2.11. The largest absolute Gasteiger partial charge is 0.346 e. The van der Waals surface area contributed by atoms with Gasteiger partial charge in [-0.1, -0.05) is 79.7 Å². The number of nitrogens with zero attached hydrogens (tertiary/aromatic N) is 1. The van der Waals surface area contributed by atoms with Crippen LogP contribution in [0.5, 0.6) is 0 Å². The molecule has 0 aromatic heterocycles. The van der Waals surface area contributed by atoms with Gasteiger partial charge in [-0.15, -0.1) is 6.58 Å². The van der Waals surface area contributed by atoms with Gasteiger partial charge >= 0.3 is 6.03 Å². The second kappa shape index (κ2) is 14.7. The first-order chi connectivity index (χ1) is 22.4. The number of unbranched alkanes of at least 4 members (excludes halogenated alkanes) is 1. The molecule has 2 aliphatic carbocycles. The Morgan fingerprint density at radius 3 is 2.27 bits per heavy atom. The van der Waals surface area contributed by atoms with E-state index in [1.54, 1.807) is 4.90 Å². The van der Waals surface area contributed by atoms with Crippen LogP contribution in [0.3, 0.4) is 0 Å². The molecule has 12 nitrogen and oxygen atoms in total. The molecule has 6 atom stereocenters. The lowest BCUT2D eigenvalue weighted by Crippen LogP contribution is -2.65. The van der Waals surface area contributed by atoms with Gasteiger partial charge in [0.05, 0.1) is 16.8 Å². The van der Waals surface area contributed by atoms with Gasteiger partial charge in [0.15, 0.2) is 0 Å². The molecular formula is C35H59N5O7S. The summed E-state index contributed by atoms with van der Waals surface area (Å²) in [4.78, 5) is 69.5. The van der Waals surface area contributed by atoms with Gasteiger partial charge in [-0.25, -0.2) is 4.79 Å². The lowest BCUT2D eigenvalue weighted by molar-refractivity contribution is -0.145. The Bertz CT molecular complexity index is 1260. The van der Waals surface area contributed by atoms with E-state index in [-0.39, 0.29) is 29.7 Å². The lowest BCUT2D eigenvalue weighted by Gasteiger charge is -2.49. The second-order valence-corrected chi connectivity index (χ2v) is 18.5. The van der Waals surface area contributed by atoms with Crippen LogP contribution >= 0.6 is 10.6 Å². The monoisotopic (exact) mass is 693 g/mol. The molecule has 0 unspecified atom stereocenters. The van der Waals surface area contributed by atoms with E-state index in [2.05, 4.69) is 41.7 Å². The fourth-order valence-electron chi connectivity index (χ4n) is 8.53. The Morgan fingerprint density at radius 1 is 1.04 bits per heavy atom. The summed E-state index contributed by atoms with van der Waals surface area (Å²) in [5, 5.41) is 11.0. The highest BCUT2D eigenvalue weighted by Crippen LogP contribution is 2.65. The standard InChI is InChI=1S/C35H59N5O7S/c1-8-10-15-23(27(41)30(43)36-19-9-2)37-29(42)26-25-22(34(25,6)7)21-40(26)31(44)28(33(3,4)5)38-32(45)39-35(17-12-11-13-18-35)24-16-14-20-48(24,46)47/h9,22-26,28,46-47H,2,8,10-21H2,1,3-7H3,(H,36,43)(H,37,42)(H2,38,39,45)/t22-,23-,24+,25-,26-,28+/m0/s1. The molecule has 0 radical (unpaired) electrons. The van der Waals surface area contributed by atoms with Gasteiger partial charge in [-0.05, 0) is 54.8 Å². The number of carbonyl (C=O) groups is 5. The molecule has 0 aromatic carbocycles. The highest BCUT2D eigenvalue weighted by atomic mass is 32.3. The van der Waals surface area contributed by atoms with Gasteiger partial charge in [0.1, 0.15) is 12.1 Å². The van der Waals surface area contributed by atoms with E-state index in [4.69, 9.17) is 0 Å². The fraction of sp³-hybridized carbons (Fsp3) is 0.800. The number of hydrogen-bond donors (Lipinski definition) is 6. The van der Waals surface area contributed by atoms with Crippen LogP contribution in [0.25, 0.3) is 0 Å². The van der Waals surface area contributed by atoms with Crippen molar-refractivity contribution in [1.82, 2.24) is 26.2 Å². The van der Waals surface area contributed by atoms with Crippen molar-refractivity contribution in [2.45, 2.75) is 135 Å². The van der Waals surface area contributed by atoms with Gasteiger partial charge in [0, 0.05) is 18.8 Å². The van der Waals surface area contributed by atoms with Crippen molar-refractivity contribution in [3.05, 3.63) is 12.7 Å². The first kappa shape index (κ1) is 38.2. The van der Waals surface area contributed by atoms with Gasteiger partial charge in [0.25, 0.3) is 5.91 Å². The van der Waals surface area contributed by atoms with Crippen LogP contribution in [0.15, 0.2) is 12.7 Å². The Kier molecular flexibility index (Phi) is 11.7. The van der Waals surface area contributed by atoms with E-state index in [0.29, 0.717) is 50.8 Å². The van der Waals surface area contributed by atoms with Gasteiger partial charge in [-0.3, -0.25) is 28.3 Å². The normalized spacial score (nSPS) is 28.6. The first-order valence-corrected chi connectivity index (χ1v) is 19.6. The number of amides is 5. The first-order valence-electron chi connectivity index (χ1n) is 17.8. The molecule has 6 N–H and O–H groups in total. The predicted octanol–water partition coefficient (Wildman–Crippen LogP) is 4.35. The van der Waals surface area contributed by atoms with Crippen LogP contribution < -0.4 is 21.3 Å². The quantitative estimate of drug-likeness (QED) is 0.123. The Balaban J connectivity index is 1.55. The minimum absolute atomic E-state index is 0.0745. The summed E-state index contributed by atoms with van der Waals surface area (Å²) in [6.45, 7) is 15.7. The lowest BCUT2D eigenvalue weighted by atomic mass is 9.78. The minimum Gasteiger partial charge on any atom is -0.346 e. The molecule has 4 fully saturated rings. The fourth-order valence-corrected chi connectivity index (χ4v) is 11.0. The van der Waals surface area contributed by atoms with Crippen molar-refractivity contribution in [1.29, 1.82) is 0 Å². The molecule has 0 aromatic rings. The number of urea groups is 1. The van der Waals surface area contributed by atoms with Crippen LogP contribution in [0.2, 0.25) is 0 Å². The Morgan fingerprint density at radius 2 is 1.71 bits per heavy atom. The Labute approximate surface area is 287 Å². The zero-order chi connectivity index (χ0) is 35.7. The summed E-state index contributed by atoms with van der Waals surface area (Å²) in [7, 11) is -2.85. The number of Topliss-reactive ketones (excluding diaryl/α,β-unsaturated/α-hetero) is 1. The Hall–Kier alpha value is -2.64. The number of rotatable bonds is 13. The number of piperidine rings is 1. The molecule has 0 bridgehead atoms. The van der Waals surface area contributed by atoms with Crippen molar-refractivity contribution in [2.75, 3.05) is 18.8 Å². The highest BCUT2D eigenvalue weighted by molar-refractivity contribution is 8.25. The van der Waals surface area contributed by atoms with Crippen LogP contribution in [0.1, 0.15) is 106 Å². The molecule has 2 saturated heterocycles. The second-order valence-electron chi connectivity index (χ2n) is 16.1. The van der Waals surface area contributed by atoms with Crippen molar-refractivity contribution in [2.24, 2.45) is 22.7 Å². The molecule has 4 aliphatic rings. The van der Waals surface area contributed by atoms with E-state index >= 15 is 0 Å². The van der Waals surface area contributed by atoms with E-state index in [9.17, 15) is 33.1 Å². The average molecular weight is 694 g/mol. The average Bonchev–Trinajstić information content (AvgIpc) is 3.33. The van der Waals surface area contributed by atoms with Gasteiger partial charge < -0.3 is 26.2 Å². The summed E-state index contributed by atoms with van der Waals surface area (Å²) < 4.78 is 21.8. The van der Waals surface area contributed by atoms with Crippen LogP contribution in [-0.2, 0) is 19.2 Å². The van der Waals surface area contributed by atoms with E-state index in [1.807, 2.05) is 27.7 Å². The maximum absolute atomic E-state index is 14.5. The molecular weight excluding hydrogens is 634 g/mol. The third-order valence-corrected chi connectivity index (χ3v) is 13.8. The van der Waals surface area contributed by atoms with E-state index < -0.39 is 68.5 Å². The molecule has 2 saturated carbocycles. The van der Waals surface area contributed by atoms with E-state index in [0.717, 1.165) is 25.7 Å². The van der Waals surface area contributed by atoms with Gasteiger partial charge in [-0.2, -0.15) is 10.6 Å². The maximum Gasteiger partial charge on any atom is 0.315 e. The molecule has 2 heterocycles. The zero-order valence-corrected chi connectivity index (χ0v) is 30.5. The van der Waals surface area contributed by atoms with Gasteiger partial charge in [0.2, 0.25) is 17.6 Å². The summed E-state index contributed by atoms with van der Waals surface area (Å²) in [6.07, 6.45) is 8.52. The SMILES string of the molecule is C=CCNC(=O)C(=O)[C@H](CCCC)NC(=O)[C@@H]1[C@@H]2[C@H](CN1C(=O)[C@@H](NC(=O)NC1([C@H]3CCCS3(O)O)CCCCC1)C(C)(C)C)C2(C)C. The number of hydrogen-bond acceptors (Lipinski definition) is 7. The van der Waals surface area contributed by atoms with Crippen molar-refractivity contribution >= 4 is 40.1 Å². The predicted molar refractivity (Wildman–Crippen MR) is 187 cm³/mol. The van der Waals surface area contributed by atoms with Crippen molar-refractivity contribution in [3.8, 4) is 0 Å². The van der Waals surface area contributed by atoms with Crippen LogP contribution in [0.4, 0.5) is 4.79 Å². The third kappa shape index (κ3) is 7.88. The molecule has 13 heteroatoms.